The summed E-state index contributed by atoms with van der Waals surface area (Å²) in [7, 11) is 0. The molecular weight excluding hydrogens is 206 g/mol. The van der Waals surface area contributed by atoms with Crippen LogP contribution in [0, 0.1) is 5.92 Å². The molecule has 0 aromatic carbocycles. The smallest absolute Gasteiger partial charge is 0.140 e. The van der Waals surface area contributed by atoms with Crippen molar-refractivity contribution in [1.29, 1.82) is 0 Å². The second kappa shape index (κ2) is 6.70. The van der Waals surface area contributed by atoms with Gasteiger partial charge in [0.1, 0.15) is 5.84 Å². The van der Waals surface area contributed by atoms with Gasteiger partial charge in [-0.1, -0.05) is 5.16 Å². The van der Waals surface area contributed by atoms with Crippen molar-refractivity contribution in [2.45, 2.75) is 32.7 Å². The number of oxime groups is 1. The van der Waals surface area contributed by atoms with Crippen molar-refractivity contribution in [3.05, 3.63) is 0 Å². The summed E-state index contributed by atoms with van der Waals surface area (Å²) in [4.78, 5) is 2.36. The molecule has 0 spiro atoms. The molecule has 1 aliphatic heterocycles. The van der Waals surface area contributed by atoms with Crippen LogP contribution in [0.3, 0.4) is 0 Å². The molecule has 1 saturated heterocycles. The van der Waals surface area contributed by atoms with Crippen molar-refractivity contribution >= 4 is 5.84 Å². The summed E-state index contributed by atoms with van der Waals surface area (Å²) in [6.07, 6.45) is 1.76. The molecule has 1 unspecified atom stereocenters. The molecule has 1 heterocycles. The van der Waals surface area contributed by atoms with Gasteiger partial charge in [0.25, 0.3) is 0 Å². The Labute approximate surface area is 97.2 Å². The van der Waals surface area contributed by atoms with Gasteiger partial charge in [-0.2, -0.15) is 0 Å². The first kappa shape index (κ1) is 13.3. The molecule has 0 radical (unpaired) electrons. The highest BCUT2D eigenvalue weighted by molar-refractivity contribution is 5.79. The fraction of sp³-hybridized carbons (Fsp3) is 0.909. The molecule has 1 rings (SSSR count). The highest BCUT2D eigenvalue weighted by atomic mass is 16.5. The number of nitrogens with zero attached hydrogens (tertiary/aromatic N) is 2. The van der Waals surface area contributed by atoms with E-state index in [1.165, 1.54) is 0 Å². The Bertz CT molecular complexity index is 225. The van der Waals surface area contributed by atoms with Crippen LogP contribution >= 0.6 is 0 Å². The van der Waals surface area contributed by atoms with Gasteiger partial charge in [-0.25, -0.2) is 0 Å². The maximum atomic E-state index is 8.49. The molecule has 0 aliphatic carbocycles. The first-order valence-electron chi connectivity index (χ1n) is 5.91. The largest absolute Gasteiger partial charge is 0.409 e. The molecule has 3 N–H and O–H groups in total. The van der Waals surface area contributed by atoms with E-state index in [9.17, 15) is 0 Å². The van der Waals surface area contributed by atoms with Gasteiger partial charge < -0.3 is 20.6 Å². The molecule has 94 valence electrons. The van der Waals surface area contributed by atoms with E-state index in [1.807, 2.05) is 0 Å². The van der Waals surface area contributed by atoms with Gasteiger partial charge in [0, 0.05) is 32.2 Å². The van der Waals surface area contributed by atoms with Crippen molar-refractivity contribution in [2.24, 2.45) is 16.8 Å². The van der Waals surface area contributed by atoms with E-state index in [0.717, 1.165) is 32.7 Å². The van der Waals surface area contributed by atoms with Crippen molar-refractivity contribution in [3.8, 4) is 0 Å². The molecule has 0 bridgehead atoms. The monoisotopic (exact) mass is 229 g/mol. The zero-order chi connectivity index (χ0) is 12.0. The summed E-state index contributed by atoms with van der Waals surface area (Å²) in [5, 5.41) is 11.5. The van der Waals surface area contributed by atoms with Crippen LogP contribution in [0.4, 0.5) is 0 Å². The normalized spacial score (nSPS) is 22.2. The predicted molar refractivity (Wildman–Crippen MR) is 63.7 cm³/mol. The van der Waals surface area contributed by atoms with Crippen molar-refractivity contribution in [2.75, 3.05) is 26.3 Å². The zero-order valence-corrected chi connectivity index (χ0v) is 10.2. The predicted octanol–water partition coefficient (Wildman–Crippen LogP) is 0.870. The average molecular weight is 229 g/mol. The van der Waals surface area contributed by atoms with E-state index < -0.39 is 0 Å². The van der Waals surface area contributed by atoms with Crippen LogP contribution in [0.5, 0.6) is 0 Å². The van der Waals surface area contributed by atoms with E-state index in [4.69, 9.17) is 15.7 Å². The summed E-state index contributed by atoms with van der Waals surface area (Å²) in [5.41, 5.74) is 5.48. The van der Waals surface area contributed by atoms with Crippen LogP contribution in [-0.4, -0.2) is 48.3 Å². The lowest BCUT2D eigenvalue weighted by molar-refractivity contribution is 0.154. The van der Waals surface area contributed by atoms with Crippen LogP contribution in [0.25, 0.3) is 0 Å². The Morgan fingerprint density at radius 1 is 1.62 bits per heavy atom. The lowest BCUT2D eigenvalue weighted by atomic mass is 10.1. The Kier molecular flexibility index (Phi) is 5.55. The molecule has 5 heteroatoms. The molecule has 1 fully saturated rings. The first-order valence-corrected chi connectivity index (χ1v) is 5.91. The minimum Gasteiger partial charge on any atom is -0.409 e. The van der Waals surface area contributed by atoms with Gasteiger partial charge in [-0.15, -0.1) is 0 Å². The molecule has 1 aliphatic rings. The number of ether oxygens (including phenoxy) is 1. The van der Waals surface area contributed by atoms with Gasteiger partial charge in [-0.05, 0) is 26.2 Å². The third kappa shape index (κ3) is 4.37. The van der Waals surface area contributed by atoms with Crippen molar-refractivity contribution < 1.29 is 9.94 Å². The fourth-order valence-corrected chi connectivity index (χ4v) is 1.93. The van der Waals surface area contributed by atoms with Crippen LogP contribution < -0.4 is 5.73 Å². The summed E-state index contributed by atoms with van der Waals surface area (Å²) >= 11 is 0. The van der Waals surface area contributed by atoms with E-state index in [1.54, 1.807) is 0 Å². The molecule has 5 nitrogen and oxygen atoms in total. The van der Waals surface area contributed by atoms with Crippen molar-refractivity contribution in [3.63, 3.8) is 0 Å². The van der Waals surface area contributed by atoms with Crippen LogP contribution in [0.2, 0.25) is 0 Å². The van der Waals surface area contributed by atoms with Crippen LogP contribution in [-0.2, 0) is 4.74 Å². The number of amidine groups is 1. The van der Waals surface area contributed by atoms with E-state index >= 15 is 0 Å². The Balaban J connectivity index is 2.34. The van der Waals surface area contributed by atoms with Gasteiger partial charge in [0.2, 0.25) is 0 Å². The molecule has 16 heavy (non-hydrogen) atoms. The average Bonchev–Trinajstić information content (AvgIpc) is 2.75. The molecular formula is C11H23N3O2. The number of hydrogen-bond acceptors (Lipinski definition) is 4. The summed E-state index contributed by atoms with van der Waals surface area (Å²) in [6.45, 7) is 7.97. The maximum Gasteiger partial charge on any atom is 0.140 e. The lowest BCUT2D eigenvalue weighted by Crippen LogP contribution is -2.37. The third-order valence-electron chi connectivity index (χ3n) is 3.03. The van der Waals surface area contributed by atoms with E-state index in [-0.39, 0.29) is 0 Å². The number of nitrogens with two attached hydrogens (primary N) is 1. The molecule has 1 atom stereocenters. The fourth-order valence-electron chi connectivity index (χ4n) is 1.93. The Morgan fingerprint density at radius 2 is 2.38 bits per heavy atom. The molecule has 0 amide bonds. The standard InChI is InChI=1S/C11H23N3O2/c1-9(2)14(5-3-11(12)13-15)7-10-4-6-16-8-10/h9-10,15H,3-8H2,1-2H3,(H2,12,13). The lowest BCUT2D eigenvalue weighted by Gasteiger charge is -2.28. The number of hydrogen-bond donors (Lipinski definition) is 2. The molecule has 0 saturated carbocycles. The van der Waals surface area contributed by atoms with Gasteiger partial charge in [0.15, 0.2) is 0 Å². The number of rotatable bonds is 6. The van der Waals surface area contributed by atoms with Crippen LogP contribution in [0.15, 0.2) is 5.16 Å². The zero-order valence-electron chi connectivity index (χ0n) is 10.2. The van der Waals surface area contributed by atoms with E-state index in [2.05, 4.69) is 23.9 Å². The van der Waals surface area contributed by atoms with E-state index in [0.29, 0.717) is 24.2 Å². The SMILES string of the molecule is CC(C)N(CCC(N)=NO)CC1CCOC1. The third-order valence-corrected chi connectivity index (χ3v) is 3.03. The van der Waals surface area contributed by atoms with Gasteiger partial charge in [-0.3, -0.25) is 0 Å². The Morgan fingerprint density at radius 3 is 2.88 bits per heavy atom. The second-order valence-corrected chi connectivity index (χ2v) is 4.66. The molecule has 0 aromatic heterocycles. The first-order chi connectivity index (χ1) is 7.63. The van der Waals surface area contributed by atoms with Gasteiger partial charge >= 0.3 is 0 Å². The quantitative estimate of drug-likeness (QED) is 0.307. The highest BCUT2D eigenvalue weighted by Gasteiger charge is 2.20. The minimum absolute atomic E-state index is 0.299. The minimum atomic E-state index is 0.299. The summed E-state index contributed by atoms with van der Waals surface area (Å²) in [6, 6.07) is 0.479. The second-order valence-electron chi connectivity index (χ2n) is 4.66. The summed E-state index contributed by atoms with van der Waals surface area (Å²) in [5.74, 6) is 0.933. The highest BCUT2D eigenvalue weighted by Crippen LogP contribution is 2.15. The van der Waals surface area contributed by atoms with Gasteiger partial charge in [0.05, 0.1) is 6.61 Å². The topological polar surface area (TPSA) is 71.1 Å². The van der Waals surface area contributed by atoms with Crippen molar-refractivity contribution in [1.82, 2.24) is 4.90 Å². The Hall–Kier alpha value is -0.810. The maximum absolute atomic E-state index is 8.49. The van der Waals surface area contributed by atoms with Crippen LogP contribution in [0.1, 0.15) is 26.7 Å². The summed E-state index contributed by atoms with van der Waals surface area (Å²) < 4.78 is 5.37. The molecule has 0 aromatic rings.